The summed E-state index contributed by atoms with van der Waals surface area (Å²) in [5.74, 6) is 0.383. The molecule has 0 heterocycles. The number of sulfonamides is 1. The summed E-state index contributed by atoms with van der Waals surface area (Å²) in [7, 11) is -3.18. The summed E-state index contributed by atoms with van der Waals surface area (Å²) in [6, 6.07) is 0.809. The first-order valence-corrected chi connectivity index (χ1v) is 9.65. The lowest BCUT2D eigenvalue weighted by Gasteiger charge is -2.32. The topological polar surface area (TPSA) is 49.4 Å². The van der Waals surface area contributed by atoms with Crippen LogP contribution in [0.4, 0.5) is 0 Å². The van der Waals surface area contributed by atoms with Crippen molar-refractivity contribution >= 4 is 10.0 Å². The summed E-state index contributed by atoms with van der Waals surface area (Å²) >= 11 is 0. The van der Waals surface area contributed by atoms with Crippen molar-refractivity contribution in [3.8, 4) is 0 Å². The van der Waals surface area contributed by atoms with E-state index in [0.717, 1.165) is 12.8 Å². The zero-order chi connectivity index (χ0) is 14.8. The maximum Gasteiger partial charge on any atom is 0.218 e. The standard InChI is InChI=1S/C15H30N2O2S/c1-12(2)11-17(15-6-4-5-7-15)20(18,19)13(3)10-16-14-8-9-14/h12-16H,4-11H2,1-3H3. The Balaban J connectivity index is 2.02. The maximum absolute atomic E-state index is 12.9. The summed E-state index contributed by atoms with van der Waals surface area (Å²) in [6.45, 7) is 7.32. The molecule has 4 nitrogen and oxygen atoms in total. The van der Waals surface area contributed by atoms with Gasteiger partial charge in [0.05, 0.1) is 5.25 Å². The van der Waals surface area contributed by atoms with E-state index in [-0.39, 0.29) is 11.3 Å². The maximum atomic E-state index is 12.9. The quantitative estimate of drug-likeness (QED) is 0.749. The first-order chi connectivity index (χ1) is 9.41. The lowest BCUT2D eigenvalue weighted by Crippen LogP contribution is -2.47. The van der Waals surface area contributed by atoms with Crippen molar-refractivity contribution in [2.24, 2.45) is 5.92 Å². The largest absolute Gasteiger partial charge is 0.313 e. The molecule has 2 aliphatic carbocycles. The lowest BCUT2D eigenvalue weighted by atomic mass is 10.2. The molecule has 0 spiro atoms. The molecule has 0 bridgehead atoms. The fraction of sp³-hybridized carbons (Fsp3) is 1.00. The molecule has 1 atom stereocenters. The normalized spacial score (nSPS) is 22.9. The third kappa shape index (κ3) is 4.18. The average Bonchev–Trinajstić information content (AvgIpc) is 3.05. The van der Waals surface area contributed by atoms with Crippen LogP contribution in [0, 0.1) is 5.92 Å². The second kappa shape index (κ2) is 6.75. The van der Waals surface area contributed by atoms with E-state index in [0.29, 0.717) is 25.0 Å². The van der Waals surface area contributed by atoms with Crippen molar-refractivity contribution in [3.05, 3.63) is 0 Å². The van der Waals surface area contributed by atoms with Gasteiger partial charge in [-0.15, -0.1) is 0 Å². The van der Waals surface area contributed by atoms with Crippen LogP contribution in [0.2, 0.25) is 0 Å². The van der Waals surface area contributed by atoms with Gasteiger partial charge in [0.25, 0.3) is 0 Å². The van der Waals surface area contributed by atoms with Gasteiger partial charge in [0.15, 0.2) is 0 Å². The van der Waals surface area contributed by atoms with Gasteiger partial charge >= 0.3 is 0 Å². The molecule has 0 aromatic heterocycles. The molecule has 1 unspecified atom stereocenters. The highest BCUT2D eigenvalue weighted by Gasteiger charge is 2.36. The smallest absolute Gasteiger partial charge is 0.218 e. The van der Waals surface area contributed by atoms with Gasteiger partial charge in [-0.2, -0.15) is 4.31 Å². The number of hydrogen-bond donors (Lipinski definition) is 1. The Morgan fingerprint density at radius 3 is 2.20 bits per heavy atom. The first kappa shape index (κ1) is 16.2. The number of rotatable bonds is 8. The van der Waals surface area contributed by atoms with E-state index >= 15 is 0 Å². The first-order valence-electron chi connectivity index (χ1n) is 8.15. The lowest BCUT2D eigenvalue weighted by molar-refractivity contribution is 0.289. The summed E-state index contributed by atoms with van der Waals surface area (Å²) in [4.78, 5) is 0. The van der Waals surface area contributed by atoms with Gasteiger partial charge in [0.2, 0.25) is 10.0 Å². The SMILES string of the molecule is CC(C)CN(C1CCCC1)S(=O)(=O)C(C)CNC1CC1. The Morgan fingerprint density at radius 2 is 1.70 bits per heavy atom. The van der Waals surface area contributed by atoms with Gasteiger partial charge in [-0.05, 0) is 38.5 Å². The molecular formula is C15H30N2O2S. The van der Waals surface area contributed by atoms with Crippen LogP contribution < -0.4 is 5.32 Å². The highest BCUT2D eigenvalue weighted by atomic mass is 32.2. The molecule has 0 radical (unpaired) electrons. The molecule has 2 rings (SSSR count). The Bertz CT molecular complexity index is 398. The summed E-state index contributed by atoms with van der Waals surface area (Å²) < 4.78 is 27.6. The highest BCUT2D eigenvalue weighted by Crippen LogP contribution is 2.28. The van der Waals surface area contributed by atoms with Crippen LogP contribution in [0.25, 0.3) is 0 Å². The Kier molecular flexibility index (Phi) is 5.49. The summed E-state index contributed by atoms with van der Waals surface area (Å²) in [5.41, 5.74) is 0. The van der Waals surface area contributed by atoms with Crippen molar-refractivity contribution in [1.29, 1.82) is 0 Å². The third-order valence-corrected chi connectivity index (χ3v) is 6.67. The van der Waals surface area contributed by atoms with Crippen LogP contribution in [0.1, 0.15) is 59.3 Å². The predicted molar refractivity (Wildman–Crippen MR) is 83.2 cm³/mol. The van der Waals surface area contributed by atoms with Crippen LogP contribution in [-0.2, 0) is 10.0 Å². The number of nitrogens with zero attached hydrogens (tertiary/aromatic N) is 1. The highest BCUT2D eigenvalue weighted by molar-refractivity contribution is 7.89. The van der Waals surface area contributed by atoms with Crippen LogP contribution in [-0.4, -0.2) is 43.1 Å². The molecule has 0 aliphatic heterocycles. The third-order valence-electron chi connectivity index (χ3n) is 4.38. The molecule has 0 aromatic carbocycles. The molecule has 0 aromatic rings. The zero-order valence-corrected chi connectivity index (χ0v) is 14.0. The Morgan fingerprint density at radius 1 is 1.10 bits per heavy atom. The minimum atomic E-state index is -3.18. The van der Waals surface area contributed by atoms with Crippen LogP contribution in [0.3, 0.4) is 0 Å². The Hall–Kier alpha value is -0.130. The summed E-state index contributed by atoms with van der Waals surface area (Å²) in [6.07, 6.45) is 6.81. The average molecular weight is 302 g/mol. The van der Waals surface area contributed by atoms with E-state index in [4.69, 9.17) is 0 Å². The van der Waals surface area contributed by atoms with Gasteiger partial charge in [-0.1, -0.05) is 26.7 Å². The van der Waals surface area contributed by atoms with Gasteiger partial charge in [0.1, 0.15) is 0 Å². The van der Waals surface area contributed by atoms with Gasteiger partial charge in [-0.25, -0.2) is 8.42 Å². The minimum Gasteiger partial charge on any atom is -0.313 e. The van der Waals surface area contributed by atoms with E-state index in [1.54, 1.807) is 0 Å². The molecule has 0 amide bonds. The molecule has 118 valence electrons. The monoisotopic (exact) mass is 302 g/mol. The number of hydrogen-bond acceptors (Lipinski definition) is 3. The molecule has 0 saturated heterocycles. The molecule has 20 heavy (non-hydrogen) atoms. The van der Waals surface area contributed by atoms with Crippen LogP contribution in [0.15, 0.2) is 0 Å². The zero-order valence-electron chi connectivity index (χ0n) is 13.1. The molecule has 5 heteroatoms. The van der Waals surface area contributed by atoms with E-state index in [2.05, 4.69) is 19.2 Å². The van der Waals surface area contributed by atoms with E-state index < -0.39 is 10.0 Å². The second-order valence-electron chi connectivity index (χ2n) is 6.94. The Labute approximate surface area is 124 Å². The fourth-order valence-corrected chi connectivity index (χ4v) is 4.87. The van der Waals surface area contributed by atoms with E-state index in [9.17, 15) is 8.42 Å². The molecule has 2 aliphatic rings. The van der Waals surface area contributed by atoms with Crippen molar-refractivity contribution in [2.75, 3.05) is 13.1 Å². The van der Waals surface area contributed by atoms with E-state index in [1.807, 2.05) is 11.2 Å². The summed E-state index contributed by atoms with van der Waals surface area (Å²) in [5, 5.41) is 3.04. The molecule has 2 fully saturated rings. The molecule has 1 N–H and O–H groups in total. The van der Waals surface area contributed by atoms with Crippen LogP contribution >= 0.6 is 0 Å². The van der Waals surface area contributed by atoms with Gasteiger partial charge < -0.3 is 5.32 Å². The van der Waals surface area contributed by atoms with E-state index in [1.165, 1.54) is 25.7 Å². The molecule has 2 saturated carbocycles. The van der Waals surface area contributed by atoms with Crippen molar-refractivity contribution in [3.63, 3.8) is 0 Å². The van der Waals surface area contributed by atoms with Crippen molar-refractivity contribution in [1.82, 2.24) is 9.62 Å². The second-order valence-corrected chi connectivity index (χ2v) is 9.24. The van der Waals surface area contributed by atoms with Crippen LogP contribution in [0.5, 0.6) is 0 Å². The van der Waals surface area contributed by atoms with Gasteiger partial charge in [0, 0.05) is 25.2 Å². The van der Waals surface area contributed by atoms with Crippen molar-refractivity contribution < 1.29 is 8.42 Å². The predicted octanol–water partition coefficient (Wildman–Crippen LogP) is 2.36. The van der Waals surface area contributed by atoms with Gasteiger partial charge in [-0.3, -0.25) is 0 Å². The number of nitrogens with one attached hydrogen (secondary N) is 1. The fourth-order valence-electron chi connectivity index (χ4n) is 2.97. The van der Waals surface area contributed by atoms with Crippen molar-refractivity contribution in [2.45, 2.75) is 76.6 Å². The minimum absolute atomic E-state index is 0.241. The molecular weight excluding hydrogens is 272 g/mol.